The summed E-state index contributed by atoms with van der Waals surface area (Å²) in [5.74, 6) is -0.119. The smallest absolute Gasteiger partial charge is 0.319 e. The van der Waals surface area contributed by atoms with Gasteiger partial charge in [0.1, 0.15) is 28.0 Å². The molecule has 48 heavy (non-hydrogen) atoms. The average Bonchev–Trinajstić information content (AvgIpc) is 3.74. The fraction of sp³-hybridized carbons (Fsp3) is 0.600. The van der Waals surface area contributed by atoms with Gasteiger partial charge in [0.25, 0.3) is 0 Å². The highest BCUT2D eigenvalue weighted by atomic mass is 35.5. The van der Waals surface area contributed by atoms with E-state index in [-0.39, 0.29) is 47.2 Å². The van der Waals surface area contributed by atoms with Gasteiger partial charge in [-0.1, -0.05) is 18.0 Å². The third-order valence-corrected chi connectivity index (χ3v) is 11.8. The van der Waals surface area contributed by atoms with E-state index in [1.807, 2.05) is 11.8 Å². The van der Waals surface area contributed by atoms with Crippen molar-refractivity contribution in [2.75, 3.05) is 51.5 Å². The summed E-state index contributed by atoms with van der Waals surface area (Å²) in [6.45, 7) is 8.66. The number of aromatic nitrogens is 5. The number of anilines is 1. The molecule has 0 spiro atoms. The third kappa shape index (κ3) is 5.09. The summed E-state index contributed by atoms with van der Waals surface area (Å²) in [5, 5.41) is 19.7. The average molecular weight is 680 g/mol. The number of benzene rings is 1. The van der Waals surface area contributed by atoms with Crippen LogP contribution in [-0.2, 0) is 4.74 Å². The number of methoxy groups -OCH3 is 1. The number of nitrogens with one attached hydrogen (secondary N) is 1. The number of halogens is 2. The lowest BCUT2D eigenvalue weighted by molar-refractivity contribution is -0.0705. The van der Waals surface area contributed by atoms with Crippen LogP contribution in [0, 0.1) is 18.2 Å². The van der Waals surface area contributed by atoms with Gasteiger partial charge in [-0.2, -0.15) is 15.1 Å². The summed E-state index contributed by atoms with van der Waals surface area (Å²) in [7, 11) is 1.49. The first-order chi connectivity index (χ1) is 23.0. The van der Waals surface area contributed by atoms with Crippen LogP contribution in [0.5, 0.6) is 11.9 Å². The van der Waals surface area contributed by atoms with Gasteiger partial charge in [-0.3, -0.25) is 10.00 Å². The number of β-amino-alcohol motifs (C(OH)–C–C–N with tert-alkyl or cyclic N) is 1. The molecular formula is C35H43ClFN7O4. The molecule has 4 aliphatic rings. The molecule has 0 amide bonds. The van der Waals surface area contributed by atoms with Crippen molar-refractivity contribution in [1.82, 2.24) is 30.0 Å². The molecule has 0 bridgehead atoms. The quantitative estimate of drug-likeness (QED) is 0.247. The van der Waals surface area contributed by atoms with Gasteiger partial charge >= 0.3 is 6.01 Å². The van der Waals surface area contributed by atoms with Crippen LogP contribution in [-0.4, -0.2) is 98.9 Å². The summed E-state index contributed by atoms with van der Waals surface area (Å²) in [6.07, 6.45) is 9.74. The Morgan fingerprint density at radius 2 is 1.96 bits per heavy atom. The summed E-state index contributed by atoms with van der Waals surface area (Å²) < 4.78 is 35.4. The molecule has 13 heteroatoms. The Labute approximate surface area is 284 Å². The van der Waals surface area contributed by atoms with E-state index >= 15 is 4.39 Å². The SMILES string of the molecule is COc1nc(-c2c(C)c(Cl)cc3[nH]ncc23)c(F)c2nc(OC[C@@]34CCCN(C5CC5)[C@]3(C)CCC4)nc(N3CCOC[C@@](C)(O)C3)c12. The monoisotopic (exact) mass is 679 g/mol. The first-order valence-corrected chi connectivity index (χ1v) is 17.4. The maximum absolute atomic E-state index is 17.2. The van der Waals surface area contributed by atoms with Gasteiger partial charge in [-0.15, -0.1) is 0 Å². The number of ether oxygens (including phenoxy) is 3. The normalized spacial score (nSPS) is 28.2. The molecule has 0 unspecified atom stereocenters. The highest BCUT2D eigenvalue weighted by molar-refractivity contribution is 6.33. The predicted octanol–water partition coefficient (Wildman–Crippen LogP) is 5.83. The number of H-pyrrole nitrogens is 1. The maximum atomic E-state index is 17.2. The van der Waals surface area contributed by atoms with Crippen molar-refractivity contribution in [2.24, 2.45) is 5.41 Å². The molecule has 3 aromatic heterocycles. The number of hydrogen-bond acceptors (Lipinski definition) is 10. The molecule has 2 saturated carbocycles. The highest BCUT2D eigenvalue weighted by Crippen LogP contribution is 2.57. The maximum Gasteiger partial charge on any atom is 0.319 e. The number of likely N-dealkylation sites (tertiary alicyclic amines) is 1. The number of rotatable bonds is 7. The Hall–Kier alpha value is -3.32. The zero-order chi connectivity index (χ0) is 33.4. The standard InChI is InChI=1S/C35H43ClFN7O4/c1-20-23(36)15-24-22(16-38-42-24)25(20)28-27(37)29-26(31(39-28)46-4)30(43-13-14-47-18-33(2,45)17-43)41-32(40-29)48-19-35-10-5-9-34(35,3)44(12-6-11-35)21-7-8-21/h15-16,21,45H,5-14,17-19H2,1-4H3,(H,38,42)/t33-,34+,35+/m0/s1. The van der Waals surface area contributed by atoms with Gasteiger partial charge in [0.05, 0.1) is 45.2 Å². The summed E-state index contributed by atoms with van der Waals surface area (Å²) in [5.41, 5.74) is 0.705. The van der Waals surface area contributed by atoms with E-state index in [0.29, 0.717) is 64.1 Å². The van der Waals surface area contributed by atoms with E-state index in [9.17, 15) is 5.11 Å². The van der Waals surface area contributed by atoms with E-state index in [1.165, 1.54) is 20.0 Å². The lowest BCUT2D eigenvalue weighted by atomic mass is 9.66. The van der Waals surface area contributed by atoms with Crippen LogP contribution < -0.4 is 14.4 Å². The Morgan fingerprint density at radius 3 is 2.75 bits per heavy atom. The topological polar surface area (TPSA) is 122 Å². The van der Waals surface area contributed by atoms with Crippen LogP contribution in [0.15, 0.2) is 12.3 Å². The fourth-order valence-corrected chi connectivity index (χ4v) is 9.02. The molecule has 3 atom stereocenters. The number of pyridine rings is 1. The van der Waals surface area contributed by atoms with Crippen LogP contribution in [0.25, 0.3) is 33.1 Å². The second kappa shape index (κ2) is 11.6. The van der Waals surface area contributed by atoms with Crippen molar-refractivity contribution in [1.29, 1.82) is 0 Å². The first-order valence-electron chi connectivity index (χ1n) is 17.1. The van der Waals surface area contributed by atoms with Gasteiger partial charge in [-0.05, 0) is 77.5 Å². The molecule has 2 N–H and O–H groups in total. The molecule has 1 aromatic carbocycles. The van der Waals surface area contributed by atoms with E-state index < -0.39 is 11.4 Å². The Kier molecular flexibility index (Phi) is 7.74. The van der Waals surface area contributed by atoms with Crippen molar-refractivity contribution >= 4 is 39.2 Å². The molecule has 2 saturated heterocycles. The van der Waals surface area contributed by atoms with E-state index in [0.717, 1.165) is 38.6 Å². The van der Waals surface area contributed by atoms with Crippen molar-refractivity contribution < 1.29 is 23.7 Å². The van der Waals surface area contributed by atoms with Crippen LogP contribution in [0.2, 0.25) is 5.02 Å². The van der Waals surface area contributed by atoms with E-state index in [1.54, 1.807) is 19.2 Å². The number of fused-ring (bicyclic) bond motifs is 3. The van der Waals surface area contributed by atoms with Crippen molar-refractivity contribution in [3.05, 3.63) is 28.7 Å². The molecule has 11 nitrogen and oxygen atoms in total. The van der Waals surface area contributed by atoms with E-state index in [2.05, 4.69) is 22.0 Å². The second-order valence-electron chi connectivity index (χ2n) is 14.7. The predicted molar refractivity (Wildman–Crippen MR) is 181 cm³/mol. The molecule has 0 radical (unpaired) electrons. The van der Waals surface area contributed by atoms with Crippen molar-refractivity contribution in [3.63, 3.8) is 0 Å². The fourth-order valence-electron chi connectivity index (χ4n) is 8.82. The molecule has 4 fully saturated rings. The van der Waals surface area contributed by atoms with E-state index in [4.69, 9.17) is 40.8 Å². The number of aromatic amines is 1. The van der Waals surface area contributed by atoms with Crippen LogP contribution in [0.4, 0.5) is 10.2 Å². The minimum absolute atomic E-state index is 0.0209. The Morgan fingerprint density at radius 1 is 1.15 bits per heavy atom. The number of hydrogen-bond donors (Lipinski definition) is 2. The zero-order valence-corrected chi connectivity index (χ0v) is 28.8. The number of piperidine rings is 1. The lowest BCUT2D eigenvalue weighted by Crippen LogP contribution is -2.61. The zero-order valence-electron chi connectivity index (χ0n) is 28.0. The van der Waals surface area contributed by atoms with Gasteiger partial charge in [-0.25, -0.2) is 9.37 Å². The molecule has 256 valence electrons. The van der Waals surface area contributed by atoms with Gasteiger partial charge < -0.3 is 24.2 Å². The lowest BCUT2D eigenvalue weighted by Gasteiger charge is -2.54. The molecule has 5 heterocycles. The van der Waals surface area contributed by atoms with Crippen LogP contribution in [0.3, 0.4) is 0 Å². The van der Waals surface area contributed by atoms with Gasteiger partial charge in [0.15, 0.2) is 5.82 Å². The molecular weight excluding hydrogens is 637 g/mol. The summed E-state index contributed by atoms with van der Waals surface area (Å²) in [4.78, 5) is 19.1. The minimum atomic E-state index is -1.17. The summed E-state index contributed by atoms with van der Waals surface area (Å²) >= 11 is 6.62. The molecule has 2 aliphatic carbocycles. The van der Waals surface area contributed by atoms with Crippen LogP contribution >= 0.6 is 11.6 Å². The van der Waals surface area contributed by atoms with Crippen molar-refractivity contribution in [3.8, 4) is 23.1 Å². The Bertz CT molecular complexity index is 1900. The largest absolute Gasteiger partial charge is 0.480 e. The first kappa shape index (κ1) is 31.9. The van der Waals surface area contributed by atoms with Gasteiger partial charge in [0, 0.05) is 39.5 Å². The molecule has 2 aliphatic heterocycles. The third-order valence-electron chi connectivity index (χ3n) is 11.4. The molecule has 8 rings (SSSR count). The number of aliphatic hydroxyl groups is 1. The van der Waals surface area contributed by atoms with Crippen molar-refractivity contribution in [2.45, 2.75) is 82.9 Å². The molecule has 4 aromatic rings. The minimum Gasteiger partial charge on any atom is -0.480 e. The summed E-state index contributed by atoms with van der Waals surface area (Å²) in [6, 6.07) is 2.52. The second-order valence-corrected chi connectivity index (χ2v) is 15.1. The van der Waals surface area contributed by atoms with Crippen LogP contribution in [0.1, 0.15) is 64.4 Å². The van der Waals surface area contributed by atoms with Gasteiger partial charge in [0.2, 0.25) is 5.88 Å². The number of nitrogens with zero attached hydrogens (tertiary/aromatic N) is 6. The Balaban J connectivity index is 1.29. The highest BCUT2D eigenvalue weighted by Gasteiger charge is 2.59.